The van der Waals surface area contributed by atoms with Crippen molar-refractivity contribution in [3.63, 3.8) is 0 Å². The molecule has 0 saturated carbocycles. The van der Waals surface area contributed by atoms with Gasteiger partial charge in [0.25, 0.3) is 0 Å². The second-order valence-corrected chi connectivity index (χ2v) is 26.7. The molecule has 452 valence electrons. The average molecular weight is 1260 g/mol. The number of methoxy groups -OCH3 is 8. The lowest BCUT2D eigenvalue weighted by molar-refractivity contribution is 0.119. The zero-order valence-electron chi connectivity index (χ0n) is 48.0. The van der Waals surface area contributed by atoms with Gasteiger partial charge in [-0.3, -0.25) is 9.13 Å². The highest BCUT2D eigenvalue weighted by atomic mass is 32.2. The van der Waals surface area contributed by atoms with E-state index >= 15 is 0 Å². The fraction of sp³-hybridized carbons (Fsp3) is 0.286. The SMILES string of the molecule is COc1cccc(-c2nnc(CS(=O)(=O)C[C@@H](OC)c3ccc(C#N)cc3S(C)(=O)=O)n2-c2c(OC)cccc2OC)n1.COc1cccc(-c2nnc(CS(=O)(=O)C[C@H](OC)c3ccc(C#N)cc3S(C)(=O)=O)n2-c2c(OC)cccc2OC)n1. The Hall–Kier alpha value is -9.04. The fourth-order valence-electron chi connectivity index (χ4n) is 8.96. The van der Waals surface area contributed by atoms with E-state index in [1.807, 2.05) is 12.1 Å². The lowest BCUT2D eigenvalue weighted by Crippen LogP contribution is -2.21. The Morgan fingerprint density at radius 3 is 1.08 bits per heavy atom. The summed E-state index contributed by atoms with van der Waals surface area (Å²) in [5, 5.41) is 35.5. The third-order valence-electron chi connectivity index (χ3n) is 12.9. The maximum absolute atomic E-state index is 13.7. The van der Waals surface area contributed by atoms with Crippen molar-refractivity contribution in [1.82, 2.24) is 39.5 Å². The maximum Gasteiger partial charge on any atom is 0.213 e. The van der Waals surface area contributed by atoms with Crippen molar-refractivity contribution < 1.29 is 71.6 Å². The van der Waals surface area contributed by atoms with Gasteiger partial charge in [-0.05, 0) is 60.7 Å². The van der Waals surface area contributed by atoms with Crippen LogP contribution in [-0.4, -0.2) is 154 Å². The molecule has 0 radical (unpaired) electrons. The molecule has 0 fully saturated rings. The van der Waals surface area contributed by atoms with Crippen LogP contribution in [0.5, 0.6) is 34.8 Å². The Morgan fingerprint density at radius 1 is 0.453 bits per heavy atom. The largest absolute Gasteiger partial charge is 0.494 e. The van der Waals surface area contributed by atoms with E-state index in [0.29, 0.717) is 57.5 Å². The first kappa shape index (κ1) is 64.5. The third-order valence-corrected chi connectivity index (χ3v) is 18.2. The molecular formula is C56H58N10O16S4. The van der Waals surface area contributed by atoms with Gasteiger partial charge in [0, 0.05) is 50.0 Å². The van der Waals surface area contributed by atoms with Gasteiger partial charge in [0.05, 0.1) is 99.4 Å². The summed E-state index contributed by atoms with van der Waals surface area (Å²) in [6, 6.07) is 31.9. The van der Waals surface area contributed by atoms with Crippen LogP contribution < -0.4 is 28.4 Å². The van der Waals surface area contributed by atoms with E-state index in [1.165, 1.54) is 102 Å². The topological polar surface area (TPSA) is 345 Å². The second kappa shape index (κ2) is 27.3. The fourth-order valence-corrected chi connectivity index (χ4v) is 13.8. The average Bonchev–Trinajstić information content (AvgIpc) is 1.68. The summed E-state index contributed by atoms with van der Waals surface area (Å²) in [5.41, 5.74) is 1.82. The Bertz CT molecular complexity index is 4030. The highest BCUT2D eigenvalue weighted by Crippen LogP contribution is 2.39. The zero-order valence-corrected chi connectivity index (χ0v) is 51.3. The van der Waals surface area contributed by atoms with E-state index in [0.717, 1.165) is 12.5 Å². The maximum atomic E-state index is 13.7. The van der Waals surface area contributed by atoms with Gasteiger partial charge in [0.15, 0.2) is 62.6 Å². The first-order valence-corrected chi connectivity index (χ1v) is 32.6. The molecule has 30 heteroatoms. The van der Waals surface area contributed by atoms with Crippen LogP contribution in [0, 0.1) is 22.7 Å². The number of hydrogen-bond acceptors (Lipinski definition) is 24. The monoisotopic (exact) mass is 1250 g/mol. The minimum Gasteiger partial charge on any atom is -0.494 e. The molecule has 4 aromatic heterocycles. The molecule has 8 aromatic rings. The van der Waals surface area contributed by atoms with Crippen molar-refractivity contribution in [2.24, 2.45) is 0 Å². The molecule has 8 rings (SSSR count). The molecule has 0 unspecified atom stereocenters. The lowest BCUT2D eigenvalue weighted by Gasteiger charge is -2.20. The quantitative estimate of drug-likeness (QED) is 0.0683. The van der Waals surface area contributed by atoms with Crippen molar-refractivity contribution in [2.75, 3.05) is 80.9 Å². The van der Waals surface area contributed by atoms with E-state index in [9.17, 15) is 44.2 Å². The summed E-state index contributed by atoms with van der Waals surface area (Å²) in [6.45, 7) is 0. The molecule has 2 atom stereocenters. The van der Waals surface area contributed by atoms with Crippen molar-refractivity contribution in [3.8, 4) is 81.3 Å². The third kappa shape index (κ3) is 14.7. The van der Waals surface area contributed by atoms with Gasteiger partial charge in [0.1, 0.15) is 57.3 Å². The van der Waals surface area contributed by atoms with Crippen LogP contribution in [-0.2, 0) is 60.3 Å². The molecule has 0 aliphatic heterocycles. The van der Waals surface area contributed by atoms with Crippen LogP contribution in [0.4, 0.5) is 0 Å². The molecule has 4 heterocycles. The molecular weight excluding hydrogens is 1200 g/mol. The molecule has 0 amide bonds. The van der Waals surface area contributed by atoms with Crippen molar-refractivity contribution in [2.45, 2.75) is 33.5 Å². The predicted molar refractivity (Wildman–Crippen MR) is 312 cm³/mol. The molecule has 26 nitrogen and oxygen atoms in total. The zero-order chi connectivity index (χ0) is 62.7. The van der Waals surface area contributed by atoms with Gasteiger partial charge >= 0.3 is 0 Å². The van der Waals surface area contributed by atoms with Crippen LogP contribution in [0.3, 0.4) is 0 Å². The number of para-hydroxylation sites is 2. The molecule has 0 N–H and O–H groups in total. The minimum atomic E-state index is -4.06. The summed E-state index contributed by atoms with van der Waals surface area (Å²) >= 11 is 0. The van der Waals surface area contributed by atoms with Crippen molar-refractivity contribution in [1.29, 1.82) is 10.5 Å². The summed E-state index contributed by atoms with van der Waals surface area (Å²) in [6.07, 6.45) is -0.380. The van der Waals surface area contributed by atoms with Crippen LogP contribution in [0.1, 0.15) is 46.1 Å². The number of benzene rings is 4. The van der Waals surface area contributed by atoms with E-state index in [2.05, 4.69) is 30.4 Å². The van der Waals surface area contributed by atoms with Gasteiger partial charge in [-0.2, -0.15) is 10.5 Å². The first-order valence-electron chi connectivity index (χ1n) is 25.2. The molecule has 4 aromatic carbocycles. The van der Waals surface area contributed by atoms with Crippen molar-refractivity contribution >= 4 is 39.3 Å². The van der Waals surface area contributed by atoms with Crippen LogP contribution in [0.15, 0.2) is 119 Å². The number of sulfone groups is 4. The molecule has 0 aliphatic carbocycles. The summed E-state index contributed by atoms with van der Waals surface area (Å²) in [4.78, 5) is 8.49. The number of aromatic nitrogens is 8. The number of pyridine rings is 2. The number of hydrogen-bond donors (Lipinski definition) is 0. The smallest absolute Gasteiger partial charge is 0.213 e. The van der Waals surface area contributed by atoms with Gasteiger partial charge in [0.2, 0.25) is 11.8 Å². The van der Waals surface area contributed by atoms with Gasteiger partial charge < -0.3 is 37.9 Å². The lowest BCUT2D eigenvalue weighted by atomic mass is 10.1. The summed E-state index contributed by atoms with van der Waals surface area (Å²) < 4.78 is 152. The Balaban J connectivity index is 0.000000246. The Morgan fingerprint density at radius 2 is 0.791 bits per heavy atom. The van der Waals surface area contributed by atoms with Crippen LogP contribution >= 0.6 is 0 Å². The summed E-state index contributed by atoms with van der Waals surface area (Å²) in [7, 11) is -4.44. The van der Waals surface area contributed by atoms with E-state index in [1.54, 1.807) is 72.8 Å². The minimum absolute atomic E-state index is 0.0143. The number of rotatable bonds is 24. The Labute approximate surface area is 497 Å². The summed E-state index contributed by atoms with van der Waals surface area (Å²) in [5.74, 6) is 0.0228. The van der Waals surface area contributed by atoms with Gasteiger partial charge in [-0.1, -0.05) is 36.4 Å². The van der Waals surface area contributed by atoms with Crippen molar-refractivity contribution in [3.05, 3.63) is 143 Å². The number of nitriles is 2. The van der Waals surface area contributed by atoms with Gasteiger partial charge in [-0.15, -0.1) is 20.4 Å². The second-order valence-electron chi connectivity index (χ2n) is 18.5. The Kier molecular flexibility index (Phi) is 20.5. The number of ether oxygens (including phenoxy) is 8. The van der Waals surface area contributed by atoms with Crippen LogP contribution in [0.2, 0.25) is 0 Å². The molecule has 0 spiro atoms. The predicted octanol–water partition coefficient (Wildman–Crippen LogP) is 5.87. The number of nitrogens with zero attached hydrogens (tertiary/aromatic N) is 10. The standard InChI is InChI=1S/2C28H29N5O8S2/c2*1-38-21-9-7-10-22(39-2)27(21)33-25(31-32-28(33)20-8-6-11-26(30-20)41-4)17-43(36,37)16-23(40-3)19-13-12-18(15-29)14-24(19)42(5,34)35/h2*6-14,23H,16-17H2,1-5H3/t2*23-/m10/s1. The van der Waals surface area contributed by atoms with Gasteiger partial charge in [-0.25, -0.2) is 43.6 Å². The molecule has 86 heavy (non-hydrogen) atoms. The molecule has 0 bridgehead atoms. The normalized spacial score (nSPS) is 12.4. The highest BCUT2D eigenvalue weighted by molar-refractivity contribution is 7.91. The van der Waals surface area contributed by atoms with E-state index in [4.69, 9.17) is 37.9 Å². The van der Waals surface area contributed by atoms with E-state index in [-0.39, 0.29) is 55.3 Å². The first-order chi connectivity index (χ1) is 40.9. The molecule has 0 saturated heterocycles. The highest BCUT2D eigenvalue weighted by Gasteiger charge is 2.33. The van der Waals surface area contributed by atoms with E-state index < -0.39 is 74.6 Å². The van der Waals surface area contributed by atoms with Crippen LogP contribution in [0.25, 0.3) is 34.4 Å². The molecule has 0 aliphatic rings.